The number of halogens is 1. The van der Waals surface area contributed by atoms with E-state index in [2.05, 4.69) is 9.97 Å². The number of hydrogen-bond acceptors (Lipinski definition) is 4. The van der Waals surface area contributed by atoms with E-state index in [1.807, 2.05) is 0 Å². The Morgan fingerprint density at radius 2 is 2.11 bits per heavy atom. The van der Waals surface area contributed by atoms with E-state index in [1.54, 1.807) is 13.0 Å². The van der Waals surface area contributed by atoms with Gasteiger partial charge >= 0.3 is 5.97 Å². The normalized spacial score (nSPS) is 10.2. The van der Waals surface area contributed by atoms with Crippen molar-refractivity contribution in [3.63, 3.8) is 0 Å². The molecule has 0 saturated heterocycles. The van der Waals surface area contributed by atoms with Crippen LogP contribution >= 0.6 is 0 Å². The fourth-order valence-corrected chi connectivity index (χ4v) is 1.63. The lowest BCUT2D eigenvalue weighted by atomic mass is 10.1. The summed E-state index contributed by atoms with van der Waals surface area (Å²) in [4.78, 5) is 18.7. The van der Waals surface area contributed by atoms with Crippen molar-refractivity contribution in [2.45, 2.75) is 6.92 Å². The molecule has 0 bridgehead atoms. The van der Waals surface area contributed by atoms with Gasteiger partial charge in [0.2, 0.25) is 0 Å². The second-order valence-electron chi connectivity index (χ2n) is 3.64. The molecular formula is C13H11FN2O3. The first-order valence-electron chi connectivity index (χ1n) is 5.60. The summed E-state index contributed by atoms with van der Waals surface area (Å²) in [7, 11) is 0. The molecule has 0 radical (unpaired) electrons. The van der Waals surface area contributed by atoms with Gasteiger partial charge in [-0.1, -0.05) is 0 Å². The highest BCUT2D eigenvalue weighted by atomic mass is 19.1. The minimum Gasteiger partial charge on any atom is -0.491 e. The summed E-state index contributed by atoms with van der Waals surface area (Å²) in [6, 6.07) is 4.17. The third kappa shape index (κ3) is 2.67. The number of rotatable bonds is 4. The molecule has 0 aliphatic heterocycles. The summed E-state index contributed by atoms with van der Waals surface area (Å²) >= 11 is 0. The SMILES string of the molecule is CCOc1ccc(-c2nccnc2C(=O)O)cc1F. The largest absolute Gasteiger partial charge is 0.491 e. The average Bonchev–Trinajstić information content (AvgIpc) is 2.41. The summed E-state index contributed by atoms with van der Waals surface area (Å²) in [6.45, 7) is 2.10. The Kier molecular flexibility index (Phi) is 3.70. The number of carboxylic acids is 1. The molecule has 6 heteroatoms. The van der Waals surface area contributed by atoms with Crippen LogP contribution in [0.15, 0.2) is 30.6 Å². The number of nitrogens with zero attached hydrogens (tertiary/aromatic N) is 2. The molecule has 0 atom stereocenters. The van der Waals surface area contributed by atoms with Gasteiger partial charge in [-0.15, -0.1) is 0 Å². The number of carbonyl (C=O) groups is 1. The summed E-state index contributed by atoms with van der Waals surface area (Å²) < 4.78 is 18.8. The van der Waals surface area contributed by atoms with Crippen molar-refractivity contribution >= 4 is 5.97 Å². The lowest BCUT2D eigenvalue weighted by Gasteiger charge is -2.07. The van der Waals surface area contributed by atoms with Crippen molar-refractivity contribution in [1.29, 1.82) is 0 Å². The molecule has 0 fully saturated rings. The maximum Gasteiger partial charge on any atom is 0.356 e. The maximum absolute atomic E-state index is 13.7. The molecule has 5 nitrogen and oxygen atoms in total. The van der Waals surface area contributed by atoms with Gasteiger partial charge in [-0.25, -0.2) is 14.2 Å². The van der Waals surface area contributed by atoms with E-state index in [0.29, 0.717) is 12.2 Å². The van der Waals surface area contributed by atoms with Crippen LogP contribution in [0.3, 0.4) is 0 Å². The van der Waals surface area contributed by atoms with Crippen LogP contribution in [-0.2, 0) is 0 Å². The first kappa shape index (κ1) is 12.9. The zero-order chi connectivity index (χ0) is 13.8. The van der Waals surface area contributed by atoms with Crippen LogP contribution in [0.1, 0.15) is 17.4 Å². The van der Waals surface area contributed by atoms with Gasteiger partial charge in [-0.2, -0.15) is 0 Å². The van der Waals surface area contributed by atoms with Crippen LogP contribution in [0.4, 0.5) is 4.39 Å². The monoisotopic (exact) mass is 262 g/mol. The molecule has 2 aromatic rings. The predicted octanol–water partition coefficient (Wildman–Crippen LogP) is 2.38. The molecule has 19 heavy (non-hydrogen) atoms. The van der Waals surface area contributed by atoms with Crippen LogP contribution in [-0.4, -0.2) is 27.7 Å². The van der Waals surface area contributed by atoms with Crippen molar-refractivity contribution in [3.8, 4) is 17.0 Å². The molecule has 0 aliphatic rings. The second-order valence-corrected chi connectivity index (χ2v) is 3.64. The Morgan fingerprint density at radius 1 is 1.37 bits per heavy atom. The standard InChI is InChI=1S/C13H11FN2O3/c1-2-19-10-4-3-8(7-9(10)14)11-12(13(17)18)16-6-5-15-11/h3-7H,2H2,1H3,(H,17,18). The van der Waals surface area contributed by atoms with Crippen molar-refractivity contribution in [2.75, 3.05) is 6.61 Å². The molecule has 2 rings (SSSR count). The van der Waals surface area contributed by atoms with Gasteiger partial charge in [0.05, 0.1) is 6.61 Å². The number of hydrogen-bond donors (Lipinski definition) is 1. The number of aromatic nitrogens is 2. The van der Waals surface area contributed by atoms with E-state index in [9.17, 15) is 9.18 Å². The topological polar surface area (TPSA) is 72.3 Å². The van der Waals surface area contributed by atoms with Gasteiger partial charge < -0.3 is 9.84 Å². The van der Waals surface area contributed by atoms with Crippen LogP contribution < -0.4 is 4.74 Å². The third-order valence-corrected chi connectivity index (χ3v) is 2.41. The number of aromatic carboxylic acids is 1. The molecule has 0 aliphatic carbocycles. The lowest BCUT2D eigenvalue weighted by molar-refractivity contribution is 0.0691. The van der Waals surface area contributed by atoms with Crippen LogP contribution in [0, 0.1) is 5.82 Å². The first-order valence-corrected chi connectivity index (χ1v) is 5.60. The molecule has 1 aromatic carbocycles. The highest BCUT2D eigenvalue weighted by Crippen LogP contribution is 2.25. The van der Waals surface area contributed by atoms with E-state index in [4.69, 9.17) is 9.84 Å². The molecule has 1 aromatic heterocycles. The van der Waals surface area contributed by atoms with E-state index in [1.165, 1.54) is 24.5 Å². The summed E-state index contributed by atoms with van der Waals surface area (Å²) in [5.41, 5.74) is 0.245. The molecular weight excluding hydrogens is 251 g/mol. The van der Waals surface area contributed by atoms with E-state index in [-0.39, 0.29) is 17.1 Å². The number of benzene rings is 1. The smallest absolute Gasteiger partial charge is 0.356 e. The van der Waals surface area contributed by atoms with E-state index in [0.717, 1.165) is 0 Å². The van der Waals surface area contributed by atoms with Gasteiger partial charge in [-0.05, 0) is 25.1 Å². The molecule has 0 unspecified atom stereocenters. The Morgan fingerprint density at radius 3 is 2.74 bits per heavy atom. The Labute approximate surface area is 108 Å². The van der Waals surface area contributed by atoms with E-state index < -0.39 is 11.8 Å². The first-order chi connectivity index (χ1) is 9.13. The third-order valence-electron chi connectivity index (χ3n) is 2.41. The minimum atomic E-state index is -1.21. The predicted molar refractivity (Wildman–Crippen MR) is 65.6 cm³/mol. The molecule has 1 heterocycles. The van der Waals surface area contributed by atoms with Gasteiger partial charge in [0.1, 0.15) is 5.69 Å². The fourth-order valence-electron chi connectivity index (χ4n) is 1.63. The summed E-state index contributed by atoms with van der Waals surface area (Å²) in [6.07, 6.45) is 2.63. The van der Waals surface area contributed by atoms with Gasteiger partial charge in [-0.3, -0.25) is 4.98 Å². The highest BCUT2D eigenvalue weighted by molar-refractivity contribution is 5.92. The van der Waals surface area contributed by atoms with Crippen LogP contribution in [0.25, 0.3) is 11.3 Å². The molecule has 1 N–H and O–H groups in total. The fraction of sp³-hybridized carbons (Fsp3) is 0.154. The summed E-state index contributed by atoms with van der Waals surface area (Å²) in [5, 5.41) is 9.01. The quantitative estimate of drug-likeness (QED) is 0.915. The molecule has 0 spiro atoms. The van der Waals surface area contributed by atoms with Crippen molar-refractivity contribution in [1.82, 2.24) is 9.97 Å². The summed E-state index contributed by atoms with van der Waals surface area (Å²) in [5.74, 6) is -1.66. The van der Waals surface area contributed by atoms with Crippen molar-refractivity contribution < 1.29 is 19.0 Å². The number of ether oxygens (including phenoxy) is 1. The second kappa shape index (κ2) is 5.43. The van der Waals surface area contributed by atoms with Crippen molar-refractivity contribution in [2.24, 2.45) is 0 Å². The number of carboxylic acid groups (broad SMARTS) is 1. The minimum absolute atomic E-state index is 0.118. The van der Waals surface area contributed by atoms with E-state index >= 15 is 0 Å². The zero-order valence-corrected chi connectivity index (χ0v) is 10.1. The Balaban J connectivity index is 2.48. The maximum atomic E-state index is 13.7. The Hall–Kier alpha value is -2.50. The van der Waals surface area contributed by atoms with Gasteiger partial charge in [0.25, 0.3) is 0 Å². The van der Waals surface area contributed by atoms with Crippen LogP contribution in [0.5, 0.6) is 5.75 Å². The van der Waals surface area contributed by atoms with Crippen molar-refractivity contribution in [3.05, 3.63) is 42.1 Å². The average molecular weight is 262 g/mol. The zero-order valence-electron chi connectivity index (χ0n) is 10.1. The van der Waals surface area contributed by atoms with Gasteiger partial charge in [0.15, 0.2) is 17.3 Å². The molecule has 0 amide bonds. The molecule has 0 saturated carbocycles. The molecule has 98 valence electrons. The highest BCUT2D eigenvalue weighted by Gasteiger charge is 2.15. The Bertz CT molecular complexity index is 617. The van der Waals surface area contributed by atoms with Gasteiger partial charge in [0, 0.05) is 18.0 Å². The lowest BCUT2D eigenvalue weighted by Crippen LogP contribution is -2.04. The van der Waals surface area contributed by atoms with Crippen LogP contribution in [0.2, 0.25) is 0 Å².